The minimum absolute atomic E-state index is 0.0487. The van der Waals surface area contributed by atoms with Crippen molar-refractivity contribution >= 4 is 28.5 Å². The lowest BCUT2D eigenvalue weighted by Gasteiger charge is -2.29. The quantitative estimate of drug-likeness (QED) is 0.741. The number of esters is 1. The lowest BCUT2D eigenvalue weighted by Crippen LogP contribution is -2.38. The van der Waals surface area contributed by atoms with Crippen molar-refractivity contribution in [3.05, 3.63) is 53.7 Å². The molecule has 7 nitrogen and oxygen atoms in total. The maximum absolute atomic E-state index is 12.4. The molecule has 1 amide bonds. The average Bonchev–Trinajstić information content (AvgIpc) is 3.06. The van der Waals surface area contributed by atoms with Gasteiger partial charge < -0.3 is 9.47 Å². The molecule has 1 aliphatic rings. The molecule has 1 N–H and O–H groups in total. The Labute approximate surface area is 143 Å². The molecule has 0 unspecified atom stereocenters. The van der Waals surface area contributed by atoms with Gasteiger partial charge in [-0.3, -0.25) is 14.8 Å². The second kappa shape index (κ2) is 5.94. The van der Waals surface area contributed by atoms with Gasteiger partial charge in [0.2, 0.25) is 0 Å². The summed E-state index contributed by atoms with van der Waals surface area (Å²) >= 11 is 0. The first-order valence-electron chi connectivity index (χ1n) is 7.75. The first-order valence-corrected chi connectivity index (χ1v) is 7.75. The molecule has 0 spiro atoms. The number of anilines is 1. The normalized spacial score (nSPS) is 13.5. The molecule has 126 valence electrons. The third kappa shape index (κ3) is 2.59. The number of amides is 1. The van der Waals surface area contributed by atoms with E-state index in [0.717, 1.165) is 16.6 Å². The Hall–Kier alpha value is -3.35. The van der Waals surface area contributed by atoms with E-state index in [1.165, 1.54) is 7.11 Å². The van der Waals surface area contributed by atoms with E-state index in [4.69, 9.17) is 9.47 Å². The molecule has 1 aliphatic heterocycles. The molecule has 0 atom stereocenters. The smallest absolute Gasteiger partial charge is 0.337 e. The maximum atomic E-state index is 12.4. The van der Waals surface area contributed by atoms with Crippen LogP contribution in [0.3, 0.4) is 0 Å². The second-order valence-corrected chi connectivity index (χ2v) is 5.66. The third-order valence-corrected chi connectivity index (χ3v) is 4.18. The van der Waals surface area contributed by atoms with Crippen LogP contribution in [0.5, 0.6) is 5.75 Å². The molecule has 0 fully saturated rings. The SMILES string of the molecule is COC(=O)c1ccc2c(c1)N(Cc1n[nH]c3ccccc13)C(=O)CO2. The van der Waals surface area contributed by atoms with Crippen molar-refractivity contribution in [1.82, 2.24) is 10.2 Å². The molecule has 7 heteroatoms. The molecule has 0 radical (unpaired) electrons. The van der Waals surface area contributed by atoms with Crippen LogP contribution in [0.2, 0.25) is 0 Å². The van der Waals surface area contributed by atoms with Gasteiger partial charge in [0, 0.05) is 5.39 Å². The maximum Gasteiger partial charge on any atom is 0.337 e. The molecule has 0 saturated carbocycles. The van der Waals surface area contributed by atoms with Crippen LogP contribution >= 0.6 is 0 Å². The van der Waals surface area contributed by atoms with Gasteiger partial charge in [0.05, 0.1) is 36.1 Å². The van der Waals surface area contributed by atoms with Crippen molar-refractivity contribution < 1.29 is 19.1 Å². The van der Waals surface area contributed by atoms with Crippen LogP contribution < -0.4 is 9.64 Å². The van der Waals surface area contributed by atoms with E-state index in [0.29, 0.717) is 17.0 Å². The Balaban J connectivity index is 1.75. The molecule has 0 saturated heterocycles. The summed E-state index contributed by atoms with van der Waals surface area (Å²) in [6, 6.07) is 12.6. The molecule has 25 heavy (non-hydrogen) atoms. The number of hydrogen-bond donors (Lipinski definition) is 1. The monoisotopic (exact) mass is 337 g/mol. The summed E-state index contributed by atoms with van der Waals surface area (Å²) in [4.78, 5) is 25.8. The number of ether oxygens (including phenoxy) is 2. The van der Waals surface area contributed by atoms with Gasteiger partial charge in [0.1, 0.15) is 5.75 Å². The average molecular weight is 337 g/mol. The third-order valence-electron chi connectivity index (χ3n) is 4.18. The summed E-state index contributed by atoms with van der Waals surface area (Å²) in [6.45, 7) is 0.233. The minimum atomic E-state index is -0.467. The lowest BCUT2D eigenvalue weighted by molar-refractivity contribution is -0.121. The van der Waals surface area contributed by atoms with Gasteiger partial charge in [-0.1, -0.05) is 18.2 Å². The number of carbonyl (C=O) groups excluding carboxylic acids is 2. The number of nitrogens with zero attached hydrogens (tertiary/aromatic N) is 2. The number of aromatic nitrogens is 2. The predicted octanol–water partition coefficient (Wildman–Crippen LogP) is 2.28. The van der Waals surface area contributed by atoms with Crippen molar-refractivity contribution in [3.8, 4) is 5.75 Å². The number of aromatic amines is 1. The first kappa shape index (κ1) is 15.2. The van der Waals surface area contributed by atoms with E-state index in [-0.39, 0.29) is 19.1 Å². The zero-order chi connectivity index (χ0) is 17.4. The van der Waals surface area contributed by atoms with Crippen LogP contribution in [-0.4, -0.2) is 35.8 Å². The van der Waals surface area contributed by atoms with Crippen molar-refractivity contribution in [2.45, 2.75) is 6.54 Å². The van der Waals surface area contributed by atoms with Crippen molar-refractivity contribution in [3.63, 3.8) is 0 Å². The number of benzene rings is 2. The largest absolute Gasteiger partial charge is 0.482 e. The van der Waals surface area contributed by atoms with Crippen LogP contribution in [0.4, 0.5) is 5.69 Å². The van der Waals surface area contributed by atoms with Crippen LogP contribution in [-0.2, 0) is 16.1 Å². The number of para-hydroxylation sites is 1. The highest BCUT2D eigenvalue weighted by molar-refractivity contribution is 6.00. The number of methoxy groups -OCH3 is 1. The Bertz CT molecular complexity index is 979. The fourth-order valence-electron chi connectivity index (χ4n) is 2.91. The van der Waals surface area contributed by atoms with E-state index >= 15 is 0 Å². The summed E-state index contributed by atoms with van der Waals surface area (Å²) in [5, 5.41) is 8.23. The van der Waals surface area contributed by atoms with Gasteiger partial charge in [0.15, 0.2) is 6.61 Å². The minimum Gasteiger partial charge on any atom is -0.482 e. The highest BCUT2D eigenvalue weighted by atomic mass is 16.5. The molecule has 0 bridgehead atoms. The van der Waals surface area contributed by atoms with Crippen molar-refractivity contribution in [2.75, 3.05) is 18.6 Å². The number of fused-ring (bicyclic) bond motifs is 2. The second-order valence-electron chi connectivity index (χ2n) is 5.66. The van der Waals surface area contributed by atoms with E-state index in [1.54, 1.807) is 23.1 Å². The zero-order valence-electron chi connectivity index (χ0n) is 13.5. The number of rotatable bonds is 3. The fraction of sp³-hybridized carbons (Fsp3) is 0.167. The van der Waals surface area contributed by atoms with Gasteiger partial charge in [0.25, 0.3) is 5.91 Å². The predicted molar refractivity (Wildman–Crippen MR) is 90.6 cm³/mol. The zero-order valence-corrected chi connectivity index (χ0v) is 13.5. The van der Waals surface area contributed by atoms with E-state index < -0.39 is 5.97 Å². The van der Waals surface area contributed by atoms with Crippen molar-refractivity contribution in [1.29, 1.82) is 0 Å². The molecule has 0 aliphatic carbocycles. The highest BCUT2D eigenvalue weighted by Gasteiger charge is 2.28. The lowest BCUT2D eigenvalue weighted by atomic mass is 10.1. The van der Waals surface area contributed by atoms with Gasteiger partial charge in [-0.15, -0.1) is 0 Å². The highest BCUT2D eigenvalue weighted by Crippen LogP contribution is 2.34. The van der Waals surface area contributed by atoms with E-state index in [2.05, 4.69) is 10.2 Å². The summed E-state index contributed by atoms with van der Waals surface area (Å²) in [6.07, 6.45) is 0. The molecule has 1 aromatic heterocycles. The number of H-pyrrole nitrogens is 1. The van der Waals surface area contributed by atoms with Gasteiger partial charge in [-0.25, -0.2) is 4.79 Å². The number of carbonyl (C=O) groups is 2. The number of nitrogens with one attached hydrogen (secondary N) is 1. The van der Waals surface area contributed by atoms with Crippen LogP contribution in [0.15, 0.2) is 42.5 Å². The van der Waals surface area contributed by atoms with Gasteiger partial charge >= 0.3 is 5.97 Å². The van der Waals surface area contributed by atoms with Gasteiger partial charge in [-0.2, -0.15) is 5.10 Å². The van der Waals surface area contributed by atoms with Crippen LogP contribution in [0.25, 0.3) is 10.9 Å². The Morgan fingerprint density at radius 1 is 1.32 bits per heavy atom. The Morgan fingerprint density at radius 2 is 2.16 bits per heavy atom. The summed E-state index contributed by atoms with van der Waals surface area (Å²) in [5.74, 6) is -0.111. The molecule has 2 heterocycles. The topological polar surface area (TPSA) is 84.5 Å². The van der Waals surface area contributed by atoms with Gasteiger partial charge in [-0.05, 0) is 24.3 Å². The molecular formula is C18H15N3O4. The van der Waals surface area contributed by atoms with E-state index in [9.17, 15) is 9.59 Å². The molecule has 2 aromatic carbocycles. The standard InChI is InChI=1S/C18H15N3O4/c1-24-18(23)11-6-7-16-15(8-11)21(17(22)10-25-16)9-14-12-4-2-3-5-13(12)19-20-14/h2-8H,9-10H2,1H3,(H,19,20). The summed E-state index contributed by atoms with van der Waals surface area (Å²) in [5.41, 5.74) is 2.55. The Morgan fingerprint density at radius 3 is 3.00 bits per heavy atom. The van der Waals surface area contributed by atoms with Crippen LogP contribution in [0.1, 0.15) is 16.1 Å². The first-order chi connectivity index (χ1) is 12.2. The molecule has 4 rings (SSSR count). The molecular weight excluding hydrogens is 322 g/mol. The Kier molecular flexibility index (Phi) is 3.61. The van der Waals surface area contributed by atoms with Crippen LogP contribution in [0, 0.1) is 0 Å². The summed E-state index contributed by atoms with van der Waals surface area (Å²) in [7, 11) is 1.32. The molecule has 3 aromatic rings. The fourth-order valence-corrected chi connectivity index (χ4v) is 2.91. The summed E-state index contributed by atoms with van der Waals surface area (Å²) < 4.78 is 10.2. The van der Waals surface area contributed by atoms with E-state index in [1.807, 2.05) is 24.3 Å². The number of hydrogen-bond acceptors (Lipinski definition) is 5. The van der Waals surface area contributed by atoms with Crippen molar-refractivity contribution in [2.24, 2.45) is 0 Å².